The van der Waals surface area contributed by atoms with E-state index in [1.165, 1.54) is 44.1 Å². The minimum Gasteiger partial charge on any atom is -0.508 e. The second kappa shape index (κ2) is 8.47. The van der Waals surface area contributed by atoms with Crippen molar-refractivity contribution in [2.75, 3.05) is 0 Å². The van der Waals surface area contributed by atoms with Crippen LogP contribution in [0.3, 0.4) is 0 Å². The van der Waals surface area contributed by atoms with Gasteiger partial charge in [-0.15, -0.1) is 0 Å². The molecule has 0 saturated heterocycles. The maximum Gasteiger partial charge on any atom is 0.115 e. The molecule has 2 heteroatoms. The number of rotatable bonds is 8. The van der Waals surface area contributed by atoms with Crippen LogP contribution in [-0.2, 0) is 0 Å². The summed E-state index contributed by atoms with van der Waals surface area (Å²) >= 11 is 4.69. The lowest BCUT2D eigenvalue weighted by Crippen LogP contribution is -1.94. The van der Waals surface area contributed by atoms with E-state index in [-0.39, 0.29) is 0 Å². The Kier molecular flexibility index (Phi) is 7.26. The molecular formula is C16H26OS. The second-order valence-corrected chi connectivity index (χ2v) is 5.74. The number of unbranched alkanes of at least 4 members (excludes halogenated alkanes) is 5. The molecule has 0 amide bonds. The number of hydrogen-bond acceptors (Lipinski definition) is 2. The lowest BCUT2D eigenvalue weighted by molar-refractivity contribution is 0.474. The van der Waals surface area contributed by atoms with Crippen molar-refractivity contribution >= 4 is 12.6 Å². The molecule has 0 bridgehead atoms. The molecule has 0 spiro atoms. The molecule has 1 N–H and O–H groups in total. The third-order valence-electron chi connectivity index (χ3n) is 3.44. The molecule has 0 fully saturated rings. The zero-order valence-corrected chi connectivity index (χ0v) is 12.5. The van der Waals surface area contributed by atoms with E-state index in [1.54, 1.807) is 6.07 Å². The maximum absolute atomic E-state index is 9.39. The first-order valence-corrected chi connectivity index (χ1v) is 7.64. The van der Waals surface area contributed by atoms with Gasteiger partial charge in [0.1, 0.15) is 5.75 Å². The molecule has 1 unspecified atom stereocenters. The van der Waals surface area contributed by atoms with Gasteiger partial charge < -0.3 is 5.11 Å². The van der Waals surface area contributed by atoms with Gasteiger partial charge >= 0.3 is 0 Å². The van der Waals surface area contributed by atoms with Crippen LogP contribution in [0.25, 0.3) is 0 Å². The minimum atomic E-state index is 0.303. The highest BCUT2D eigenvalue weighted by Gasteiger charge is 2.09. The van der Waals surface area contributed by atoms with Gasteiger partial charge in [-0.2, -0.15) is 12.6 Å². The molecule has 0 aromatic heterocycles. The number of thiol groups is 1. The van der Waals surface area contributed by atoms with Crippen LogP contribution in [0, 0.1) is 6.92 Å². The number of phenolic OH excluding ortho intramolecular Hbond substituents is 1. The topological polar surface area (TPSA) is 20.2 Å². The normalized spacial score (nSPS) is 12.6. The van der Waals surface area contributed by atoms with Gasteiger partial charge in [-0.1, -0.05) is 51.5 Å². The van der Waals surface area contributed by atoms with Gasteiger partial charge in [0, 0.05) is 5.25 Å². The fraction of sp³-hybridized carbons (Fsp3) is 0.625. The lowest BCUT2D eigenvalue weighted by Gasteiger charge is -2.14. The summed E-state index contributed by atoms with van der Waals surface area (Å²) in [4.78, 5) is 0. The molecule has 1 atom stereocenters. The Bertz CT molecular complexity index is 349. The Morgan fingerprint density at radius 1 is 1.11 bits per heavy atom. The van der Waals surface area contributed by atoms with E-state index in [9.17, 15) is 5.11 Å². The molecule has 18 heavy (non-hydrogen) atoms. The zero-order valence-electron chi connectivity index (χ0n) is 11.7. The van der Waals surface area contributed by atoms with Crippen molar-refractivity contribution in [1.82, 2.24) is 0 Å². The fourth-order valence-electron chi connectivity index (χ4n) is 2.31. The summed E-state index contributed by atoms with van der Waals surface area (Å²) < 4.78 is 0. The highest BCUT2D eigenvalue weighted by atomic mass is 32.1. The predicted molar refractivity (Wildman–Crippen MR) is 82.6 cm³/mol. The summed E-state index contributed by atoms with van der Waals surface area (Å²) in [6.45, 7) is 4.29. The van der Waals surface area contributed by atoms with Crippen molar-refractivity contribution in [2.45, 2.75) is 64.0 Å². The van der Waals surface area contributed by atoms with E-state index < -0.39 is 0 Å². The quantitative estimate of drug-likeness (QED) is 0.475. The number of aromatic hydroxyl groups is 1. The van der Waals surface area contributed by atoms with Crippen LogP contribution in [0.15, 0.2) is 18.2 Å². The van der Waals surface area contributed by atoms with Gasteiger partial charge in [-0.3, -0.25) is 0 Å². The van der Waals surface area contributed by atoms with Crippen molar-refractivity contribution in [3.63, 3.8) is 0 Å². The Balaban J connectivity index is 2.29. The van der Waals surface area contributed by atoms with Crippen LogP contribution in [0.4, 0.5) is 0 Å². The summed E-state index contributed by atoms with van der Waals surface area (Å²) in [6, 6.07) is 5.58. The SMILES string of the molecule is CCCCCCCCC(S)c1ccc(O)cc1C. The third kappa shape index (κ3) is 5.34. The van der Waals surface area contributed by atoms with E-state index in [0.29, 0.717) is 11.0 Å². The third-order valence-corrected chi connectivity index (χ3v) is 3.98. The Morgan fingerprint density at radius 2 is 1.78 bits per heavy atom. The number of phenols is 1. The monoisotopic (exact) mass is 266 g/mol. The van der Waals surface area contributed by atoms with E-state index in [1.807, 2.05) is 19.1 Å². The van der Waals surface area contributed by atoms with Crippen LogP contribution in [0.2, 0.25) is 0 Å². The summed E-state index contributed by atoms with van der Waals surface area (Å²) in [6.07, 6.45) is 9.07. The lowest BCUT2D eigenvalue weighted by atomic mass is 10.0. The first-order valence-electron chi connectivity index (χ1n) is 7.12. The Hall–Kier alpha value is -0.630. The van der Waals surface area contributed by atoms with Crippen molar-refractivity contribution in [1.29, 1.82) is 0 Å². The van der Waals surface area contributed by atoms with Gasteiger partial charge in [0.15, 0.2) is 0 Å². The summed E-state index contributed by atoms with van der Waals surface area (Å²) in [5, 5.41) is 9.69. The van der Waals surface area contributed by atoms with Crippen LogP contribution in [0.5, 0.6) is 5.75 Å². The molecule has 1 rings (SSSR count). The number of aryl methyl sites for hydroxylation is 1. The van der Waals surface area contributed by atoms with Crippen molar-refractivity contribution in [3.05, 3.63) is 29.3 Å². The Labute approximate surface area is 117 Å². The summed E-state index contributed by atoms with van der Waals surface area (Å²) in [7, 11) is 0. The summed E-state index contributed by atoms with van der Waals surface area (Å²) in [5.41, 5.74) is 2.39. The molecule has 1 aromatic carbocycles. The smallest absolute Gasteiger partial charge is 0.115 e. The summed E-state index contributed by atoms with van der Waals surface area (Å²) in [5.74, 6) is 0.344. The zero-order chi connectivity index (χ0) is 13.4. The van der Waals surface area contributed by atoms with E-state index in [0.717, 1.165) is 12.0 Å². The maximum atomic E-state index is 9.39. The van der Waals surface area contributed by atoms with Crippen LogP contribution >= 0.6 is 12.6 Å². The second-order valence-electron chi connectivity index (χ2n) is 5.11. The average molecular weight is 266 g/mol. The largest absolute Gasteiger partial charge is 0.508 e. The van der Waals surface area contributed by atoms with Gasteiger partial charge in [0.05, 0.1) is 0 Å². The number of hydrogen-bond donors (Lipinski definition) is 2. The molecule has 0 aliphatic carbocycles. The van der Waals surface area contributed by atoms with Crippen LogP contribution in [-0.4, -0.2) is 5.11 Å². The fourth-order valence-corrected chi connectivity index (χ4v) is 2.78. The molecule has 0 heterocycles. The van der Waals surface area contributed by atoms with Gasteiger partial charge in [0.2, 0.25) is 0 Å². The van der Waals surface area contributed by atoms with Crippen molar-refractivity contribution in [3.8, 4) is 5.75 Å². The molecule has 1 nitrogen and oxygen atoms in total. The molecule has 0 aliphatic rings. The van der Waals surface area contributed by atoms with Crippen molar-refractivity contribution < 1.29 is 5.11 Å². The molecule has 1 aromatic rings. The first kappa shape index (κ1) is 15.4. The van der Waals surface area contributed by atoms with Crippen LogP contribution < -0.4 is 0 Å². The van der Waals surface area contributed by atoms with Gasteiger partial charge in [-0.05, 0) is 36.6 Å². The van der Waals surface area contributed by atoms with Crippen molar-refractivity contribution in [2.24, 2.45) is 0 Å². The van der Waals surface area contributed by atoms with E-state index in [2.05, 4.69) is 19.6 Å². The van der Waals surface area contributed by atoms with E-state index in [4.69, 9.17) is 0 Å². The first-order chi connectivity index (χ1) is 8.65. The molecule has 0 aliphatic heterocycles. The Morgan fingerprint density at radius 3 is 2.44 bits per heavy atom. The standard InChI is InChI=1S/C16H26OS/c1-3-4-5-6-7-8-9-16(18)15-11-10-14(17)12-13(15)2/h10-12,16-18H,3-9H2,1-2H3. The highest BCUT2D eigenvalue weighted by Crippen LogP contribution is 2.30. The number of benzene rings is 1. The van der Waals surface area contributed by atoms with Crippen LogP contribution in [0.1, 0.15) is 68.2 Å². The minimum absolute atomic E-state index is 0.303. The van der Waals surface area contributed by atoms with Gasteiger partial charge in [-0.25, -0.2) is 0 Å². The average Bonchev–Trinajstić information content (AvgIpc) is 2.33. The highest BCUT2D eigenvalue weighted by molar-refractivity contribution is 7.80. The molecule has 102 valence electrons. The molecule has 0 saturated carbocycles. The molecular weight excluding hydrogens is 240 g/mol. The molecule has 0 radical (unpaired) electrons. The predicted octanol–water partition coefficient (Wildman–Crippen LogP) is 5.42. The van der Waals surface area contributed by atoms with E-state index >= 15 is 0 Å². The van der Waals surface area contributed by atoms with Gasteiger partial charge in [0.25, 0.3) is 0 Å².